The molecule has 152 valence electrons. The van der Waals surface area contributed by atoms with Crippen molar-refractivity contribution in [1.82, 2.24) is 14.0 Å². The molecule has 0 unspecified atom stereocenters. The second-order valence-electron chi connectivity index (χ2n) is 6.83. The third kappa shape index (κ3) is 3.55. The molecule has 1 N–H and O–H groups in total. The van der Waals surface area contributed by atoms with Crippen LogP contribution >= 0.6 is 11.8 Å². The van der Waals surface area contributed by atoms with E-state index in [2.05, 4.69) is 5.32 Å². The zero-order valence-electron chi connectivity index (χ0n) is 16.3. The number of hydrogen-bond donors (Lipinski definition) is 1. The van der Waals surface area contributed by atoms with Crippen LogP contribution in [0.1, 0.15) is 5.56 Å². The minimum absolute atomic E-state index is 0.146. The quantitative estimate of drug-likeness (QED) is 0.653. The van der Waals surface area contributed by atoms with Gasteiger partial charge in [0.15, 0.2) is 0 Å². The summed E-state index contributed by atoms with van der Waals surface area (Å²) in [6.07, 6.45) is 1.59. The highest BCUT2D eigenvalue weighted by atomic mass is 32.2. The molecule has 1 fully saturated rings. The lowest BCUT2D eigenvalue weighted by molar-refractivity contribution is -0.127. The summed E-state index contributed by atoms with van der Waals surface area (Å²) in [5, 5.41) is 2.16. The molecule has 2 heterocycles. The molecule has 1 aromatic heterocycles. The second-order valence-corrected chi connectivity index (χ2v) is 7.82. The van der Waals surface area contributed by atoms with Crippen LogP contribution in [0.25, 0.3) is 17.1 Å². The number of anilines is 1. The maximum absolute atomic E-state index is 12.7. The predicted molar refractivity (Wildman–Crippen MR) is 116 cm³/mol. The van der Waals surface area contributed by atoms with Crippen LogP contribution < -0.4 is 11.0 Å². The van der Waals surface area contributed by atoms with Gasteiger partial charge in [0.1, 0.15) is 6.54 Å². The van der Waals surface area contributed by atoms with Crippen LogP contribution in [0, 0.1) is 0 Å². The van der Waals surface area contributed by atoms with E-state index in [0.717, 1.165) is 27.7 Å². The summed E-state index contributed by atoms with van der Waals surface area (Å²) in [6, 6.07) is 14.2. The Morgan fingerprint density at radius 1 is 1.00 bits per heavy atom. The predicted octanol–water partition coefficient (Wildman–Crippen LogP) is 2.55. The fourth-order valence-electron chi connectivity index (χ4n) is 3.27. The second kappa shape index (κ2) is 7.68. The van der Waals surface area contributed by atoms with Gasteiger partial charge in [-0.25, -0.2) is 4.79 Å². The minimum Gasteiger partial charge on any atom is -0.325 e. The number of nitrogens with zero attached hydrogens (tertiary/aromatic N) is 3. The highest BCUT2D eigenvalue weighted by Crippen LogP contribution is 2.32. The van der Waals surface area contributed by atoms with Crippen molar-refractivity contribution in [2.24, 2.45) is 14.1 Å². The highest BCUT2D eigenvalue weighted by molar-refractivity contribution is 8.18. The summed E-state index contributed by atoms with van der Waals surface area (Å²) in [7, 11) is 3.36. The Kier molecular flexibility index (Phi) is 5.04. The third-order valence-corrected chi connectivity index (χ3v) is 5.73. The Hall–Kier alpha value is -3.59. The maximum Gasteiger partial charge on any atom is 0.328 e. The largest absolute Gasteiger partial charge is 0.328 e. The lowest BCUT2D eigenvalue weighted by atomic mass is 10.2. The van der Waals surface area contributed by atoms with Gasteiger partial charge in [0.05, 0.1) is 15.9 Å². The number of rotatable bonds is 4. The van der Waals surface area contributed by atoms with Gasteiger partial charge in [-0.15, -0.1) is 0 Å². The van der Waals surface area contributed by atoms with Crippen molar-refractivity contribution in [2.45, 2.75) is 0 Å². The average molecular weight is 422 g/mol. The van der Waals surface area contributed by atoms with Crippen molar-refractivity contribution in [3.8, 4) is 0 Å². The molecule has 8 nitrogen and oxygen atoms in total. The Labute approximate surface area is 175 Å². The molecule has 0 radical (unpaired) electrons. The Morgan fingerprint density at radius 3 is 2.43 bits per heavy atom. The fraction of sp³-hybridized carbons (Fsp3) is 0.143. The zero-order chi connectivity index (χ0) is 21.4. The topological polar surface area (TPSA) is 93.4 Å². The molecule has 0 atom stereocenters. The monoisotopic (exact) mass is 422 g/mol. The van der Waals surface area contributed by atoms with Crippen molar-refractivity contribution in [1.29, 1.82) is 0 Å². The summed E-state index contributed by atoms with van der Waals surface area (Å²) >= 11 is 0.788. The van der Waals surface area contributed by atoms with Gasteiger partial charge < -0.3 is 5.32 Å². The van der Waals surface area contributed by atoms with Gasteiger partial charge >= 0.3 is 5.69 Å². The molecule has 0 bridgehead atoms. The SMILES string of the molecule is Cn1c(=O)n(C)c2cc(C=C3SC(=O)N(CC(=O)Nc4ccccc4)C3=O)ccc21. The molecule has 3 amide bonds. The molecule has 4 rings (SSSR count). The van der Waals surface area contributed by atoms with E-state index in [-0.39, 0.29) is 17.1 Å². The molecule has 0 saturated carbocycles. The number of aryl methyl sites for hydroxylation is 2. The van der Waals surface area contributed by atoms with Gasteiger partial charge in [-0.05, 0) is 47.7 Å². The fourth-order valence-corrected chi connectivity index (χ4v) is 4.11. The summed E-state index contributed by atoms with van der Waals surface area (Å²) in [4.78, 5) is 50.4. The molecule has 1 aliphatic heterocycles. The summed E-state index contributed by atoms with van der Waals surface area (Å²) in [5.41, 5.74) is 2.62. The van der Waals surface area contributed by atoms with E-state index >= 15 is 0 Å². The van der Waals surface area contributed by atoms with Gasteiger partial charge in [-0.1, -0.05) is 24.3 Å². The number of benzene rings is 2. The van der Waals surface area contributed by atoms with Gasteiger partial charge in [0, 0.05) is 19.8 Å². The zero-order valence-corrected chi connectivity index (χ0v) is 17.1. The van der Waals surface area contributed by atoms with E-state index < -0.39 is 17.1 Å². The van der Waals surface area contributed by atoms with Gasteiger partial charge in [0.25, 0.3) is 11.1 Å². The number of aromatic nitrogens is 2. The summed E-state index contributed by atoms with van der Waals surface area (Å²) in [6.45, 7) is -0.358. The van der Waals surface area contributed by atoms with Crippen molar-refractivity contribution in [3.63, 3.8) is 0 Å². The van der Waals surface area contributed by atoms with E-state index in [9.17, 15) is 19.2 Å². The number of para-hydroxylation sites is 1. The van der Waals surface area contributed by atoms with Gasteiger partial charge in [-0.2, -0.15) is 0 Å². The molecule has 30 heavy (non-hydrogen) atoms. The first-order chi connectivity index (χ1) is 14.3. The molecule has 1 saturated heterocycles. The van der Waals surface area contributed by atoms with Crippen LogP contribution in [0.2, 0.25) is 0 Å². The van der Waals surface area contributed by atoms with Gasteiger partial charge in [0.2, 0.25) is 5.91 Å². The molecule has 0 aliphatic carbocycles. The van der Waals surface area contributed by atoms with Crippen LogP contribution in [0.15, 0.2) is 58.2 Å². The van der Waals surface area contributed by atoms with Crippen molar-refractivity contribution < 1.29 is 14.4 Å². The number of carbonyl (C=O) groups is 3. The van der Waals surface area contributed by atoms with Crippen molar-refractivity contribution in [2.75, 3.05) is 11.9 Å². The molecule has 0 spiro atoms. The first-order valence-electron chi connectivity index (χ1n) is 9.11. The molecule has 3 aromatic rings. The Balaban J connectivity index is 1.54. The van der Waals surface area contributed by atoms with Crippen molar-refractivity contribution >= 4 is 51.6 Å². The number of amides is 3. The standard InChI is InChI=1S/C21H18N4O4S/c1-23-15-9-8-13(10-16(15)24(2)20(23)28)11-17-19(27)25(21(29)30-17)12-18(26)22-14-6-4-3-5-7-14/h3-11H,12H2,1-2H3,(H,22,26). The molecule has 9 heteroatoms. The number of thioether (sulfide) groups is 1. The Morgan fingerprint density at radius 2 is 1.70 bits per heavy atom. The Bertz CT molecular complexity index is 1270. The normalized spacial score (nSPS) is 15.4. The lowest BCUT2D eigenvalue weighted by Crippen LogP contribution is -2.36. The van der Waals surface area contributed by atoms with Crippen LogP contribution in [-0.2, 0) is 23.7 Å². The highest BCUT2D eigenvalue weighted by Gasteiger charge is 2.36. The van der Waals surface area contributed by atoms with E-state index in [1.807, 2.05) is 6.07 Å². The number of hydrogen-bond acceptors (Lipinski definition) is 5. The molecular weight excluding hydrogens is 404 g/mol. The third-order valence-electron chi connectivity index (χ3n) is 4.83. The van der Waals surface area contributed by atoms with Crippen LogP contribution in [-0.4, -0.2) is 37.6 Å². The molecule has 2 aromatic carbocycles. The van der Waals surface area contributed by atoms with E-state index in [0.29, 0.717) is 11.3 Å². The van der Waals surface area contributed by atoms with Crippen LogP contribution in [0.5, 0.6) is 0 Å². The minimum atomic E-state index is -0.518. The van der Waals surface area contributed by atoms with E-state index in [4.69, 9.17) is 0 Å². The number of carbonyl (C=O) groups excluding carboxylic acids is 3. The van der Waals surface area contributed by atoms with E-state index in [1.54, 1.807) is 67.2 Å². The van der Waals surface area contributed by atoms with Crippen LogP contribution in [0.3, 0.4) is 0 Å². The number of imidazole rings is 1. The molecule has 1 aliphatic rings. The lowest BCUT2D eigenvalue weighted by Gasteiger charge is -2.12. The summed E-state index contributed by atoms with van der Waals surface area (Å²) < 4.78 is 3.06. The maximum atomic E-state index is 12.7. The number of fused-ring (bicyclic) bond motifs is 1. The number of nitrogens with one attached hydrogen (secondary N) is 1. The average Bonchev–Trinajstić information content (AvgIpc) is 3.11. The first-order valence-corrected chi connectivity index (χ1v) is 9.92. The van der Waals surface area contributed by atoms with Crippen molar-refractivity contribution in [3.05, 3.63) is 69.5 Å². The van der Waals surface area contributed by atoms with Crippen LogP contribution in [0.4, 0.5) is 10.5 Å². The molecular formula is C21H18N4O4S. The first kappa shape index (κ1) is 19.7. The van der Waals surface area contributed by atoms with E-state index in [1.165, 1.54) is 4.57 Å². The summed E-state index contributed by atoms with van der Waals surface area (Å²) in [5.74, 6) is -0.972. The number of imide groups is 1. The smallest absolute Gasteiger partial charge is 0.325 e. The van der Waals surface area contributed by atoms with Gasteiger partial charge in [-0.3, -0.25) is 28.4 Å².